The first kappa shape index (κ1) is 16.5. The van der Waals surface area contributed by atoms with E-state index in [-0.39, 0.29) is 12.4 Å². The summed E-state index contributed by atoms with van der Waals surface area (Å²) in [5.74, 6) is 0.105. The molecule has 0 unspecified atom stereocenters. The van der Waals surface area contributed by atoms with Crippen molar-refractivity contribution >= 4 is 12.0 Å². The van der Waals surface area contributed by atoms with Crippen LogP contribution in [0.4, 0.5) is 4.39 Å². The van der Waals surface area contributed by atoms with Gasteiger partial charge in [0.05, 0.1) is 14.2 Å². The van der Waals surface area contributed by atoms with Crippen LogP contribution in [0.15, 0.2) is 48.5 Å². The van der Waals surface area contributed by atoms with E-state index in [1.807, 2.05) is 0 Å². The molecule has 23 heavy (non-hydrogen) atoms. The fourth-order valence-electron chi connectivity index (χ4n) is 1.97. The minimum Gasteiger partial charge on any atom is -0.493 e. The first-order valence-corrected chi connectivity index (χ1v) is 6.95. The molecule has 2 rings (SSSR count). The molecule has 2 aromatic carbocycles. The summed E-state index contributed by atoms with van der Waals surface area (Å²) < 4.78 is 29.2. The topological polar surface area (TPSA) is 44.8 Å². The van der Waals surface area contributed by atoms with E-state index < -0.39 is 5.97 Å². The van der Waals surface area contributed by atoms with Crippen LogP contribution in [0.1, 0.15) is 11.1 Å². The predicted molar refractivity (Wildman–Crippen MR) is 84.8 cm³/mol. The summed E-state index contributed by atoms with van der Waals surface area (Å²) in [5.41, 5.74) is 1.06. The van der Waals surface area contributed by atoms with Gasteiger partial charge in [-0.15, -0.1) is 0 Å². The number of esters is 1. The van der Waals surface area contributed by atoms with Gasteiger partial charge >= 0.3 is 5.97 Å². The lowest BCUT2D eigenvalue weighted by Crippen LogP contribution is -2.01. The Morgan fingerprint density at radius 2 is 1.91 bits per heavy atom. The van der Waals surface area contributed by atoms with E-state index in [0.29, 0.717) is 22.6 Å². The third-order valence-electron chi connectivity index (χ3n) is 3.16. The monoisotopic (exact) mass is 316 g/mol. The molecule has 0 saturated heterocycles. The highest BCUT2D eigenvalue weighted by Gasteiger charge is 2.11. The molecule has 0 aliphatic rings. The summed E-state index contributed by atoms with van der Waals surface area (Å²) in [7, 11) is 2.81. The molecule has 4 nitrogen and oxygen atoms in total. The molecule has 0 fully saturated rings. The summed E-state index contributed by atoms with van der Waals surface area (Å²) in [6.45, 7) is 0.0477. The molecule has 0 atom stereocenters. The second-order valence-corrected chi connectivity index (χ2v) is 4.62. The minimum absolute atomic E-state index is 0.0477. The van der Waals surface area contributed by atoms with E-state index in [9.17, 15) is 9.18 Å². The lowest BCUT2D eigenvalue weighted by atomic mass is 10.1. The Hall–Kier alpha value is -2.82. The van der Waals surface area contributed by atoms with Crippen LogP contribution in [0.2, 0.25) is 0 Å². The fraction of sp³-hybridized carbons (Fsp3) is 0.167. The van der Waals surface area contributed by atoms with Crippen molar-refractivity contribution in [3.8, 4) is 11.5 Å². The Bertz CT molecular complexity index is 710. The maximum absolute atomic E-state index is 13.7. The van der Waals surface area contributed by atoms with E-state index in [0.717, 1.165) is 0 Å². The zero-order chi connectivity index (χ0) is 16.7. The fourth-order valence-corrected chi connectivity index (χ4v) is 1.97. The third kappa shape index (κ3) is 4.32. The average Bonchev–Trinajstić information content (AvgIpc) is 2.59. The van der Waals surface area contributed by atoms with Gasteiger partial charge in [-0.05, 0) is 18.2 Å². The van der Waals surface area contributed by atoms with Crippen LogP contribution in [0, 0.1) is 5.82 Å². The molecule has 0 bridgehead atoms. The Morgan fingerprint density at radius 1 is 1.13 bits per heavy atom. The maximum atomic E-state index is 13.7. The zero-order valence-electron chi connectivity index (χ0n) is 12.9. The Balaban J connectivity index is 2.26. The molecule has 0 spiro atoms. The molecular formula is C18H17FO4. The van der Waals surface area contributed by atoms with Crippen molar-refractivity contribution < 1.29 is 23.4 Å². The summed E-state index contributed by atoms with van der Waals surface area (Å²) in [5, 5.41) is 0. The lowest BCUT2D eigenvalue weighted by Gasteiger charge is -2.13. The van der Waals surface area contributed by atoms with Gasteiger partial charge in [-0.25, -0.2) is 9.18 Å². The number of carbonyl (C=O) groups excluding carboxylic acids is 1. The molecule has 0 aliphatic heterocycles. The van der Waals surface area contributed by atoms with Crippen molar-refractivity contribution in [1.82, 2.24) is 0 Å². The van der Waals surface area contributed by atoms with Gasteiger partial charge in [0.2, 0.25) is 0 Å². The van der Waals surface area contributed by atoms with Gasteiger partial charge in [-0.3, -0.25) is 0 Å². The number of methoxy groups -OCH3 is 2. The van der Waals surface area contributed by atoms with Gasteiger partial charge < -0.3 is 14.2 Å². The van der Waals surface area contributed by atoms with Gasteiger partial charge in [0.15, 0.2) is 11.5 Å². The summed E-state index contributed by atoms with van der Waals surface area (Å²) in [6.07, 6.45) is 2.84. The number of benzene rings is 2. The van der Waals surface area contributed by atoms with Gasteiger partial charge in [-0.1, -0.05) is 30.3 Å². The summed E-state index contributed by atoms with van der Waals surface area (Å²) >= 11 is 0. The Kier molecular flexibility index (Phi) is 5.74. The number of ether oxygens (including phenoxy) is 3. The highest BCUT2D eigenvalue weighted by atomic mass is 19.1. The quantitative estimate of drug-likeness (QED) is 0.603. The second-order valence-electron chi connectivity index (χ2n) is 4.62. The number of rotatable bonds is 6. The van der Waals surface area contributed by atoms with Crippen LogP contribution >= 0.6 is 0 Å². The van der Waals surface area contributed by atoms with E-state index in [1.165, 1.54) is 26.4 Å². The second kappa shape index (κ2) is 7.98. The van der Waals surface area contributed by atoms with Crippen molar-refractivity contribution in [2.24, 2.45) is 0 Å². The van der Waals surface area contributed by atoms with Crippen LogP contribution in [-0.2, 0) is 16.1 Å². The molecule has 2 aromatic rings. The summed E-state index contributed by atoms with van der Waals surface area (Å²) in [6, 6.07) is 11.6. The maximum Gasteiger partial charge on any atom is 0.330 e. The number of hydrogen-bond donors (Lipinski definition) is 0. The smallest absolute Gasteiger partial charge is 0.330 e. The molecule has 0 heterocycles. The molecule has 120 valence electrons. The lowest BCUT2D eigenvalue weighted by molar-refractivity contribution is -0.134. The number of halogens is 1. The standard InChI is InChI=1S/C18H17FO4/c1-21-16-9-5-7-13(10-11-17(20)22-2)18(16)23-12-14-6-3-4-8-15(14)19/h3-11H,12H2,1-2H3/b11-10+. The third-order valence-corrected chi connectivity index (χ3v) is 3.16. The minimum atomic E-state index is -0.479. The molecule has 0 saturated carbocycles. The van der Waals surface area contributed by atoms with Crippen molar-refractivity contribution in [3.63, 3.8) is 0 Å². The van der Waals surface area contributed by atoms with Crippen molar-refractivity contribution in [2.45, 2.75) is 6.61 Å². The van der Waals surface area contributed by atoms with E-state index >= 15 is 0 Å². The number of hydrogen-bond acceptors (Lipinski definition) is 4. The molecular weight excluding hydrogens is 299 g/mol. The van der Waals surface area contributed by atoms with E-state index in [1.54, 1.807) is 42.5 Å². The molecule has 5 heteroatoms. The Labute approximate surface area is 134 Å². The molecule has 0 radical (unpaired) electrons. The Morgan fingerprint density at radius 3 is 2.61 bits per heavy atom. The zero-order valence-corrected chi connectivity index (χ0v) is 12.9. The highest BCUT2D eigenvalue weighted by Crippen LogP contribution is 2.32. The predicted octanol–water partition coefficient (Wildman–Crippen LogP) is 3.60. The van der Waals surface area contributed by atoms with Crippen LogP contribution in [-0.4, -0.2) is 20.2 Å². The van der Waals surface area contributed by atoms with Crippen LogP contribution in [0.25, 0.3) is 6.08 Å². The van der Waals surface area contributed by atoms with E-state index in [4.69, 9.17) is 9.47 Å². The average molecular weight is 316 g/mol. The molecule has 0 amide bonds. The molecule has 0 aliphatic carbocycles. The largest absolute Gasteiger partial charge is 0.493 e. The van der Waals surface area contributed by atoms with Crippen molar-refractivity contribution in [1.29, 1.82) is 0 Å². The highest BCUT2D eigenvalue weighted by molar-refractivity contribution is 5.87. The van der Waals surface area contributed by atoms with Gasteiger partial charge in [0.1, 0.15) is 12.4 Å². The molecule has 0 aromatic heterocycles. The number of para-hydroxylation sites is 1. The van der Waals surface area contributed by atoms with Crippen molar-refractivity contribution in [2.75, 3.05) is 14.2 Å². The van der Waals surface area contributed by atoms with Gasteiger partial charge in [-0.2, -0.15) is 0 Å². The van der Waals surface area contributed by atoms with Gasteiger partial charge in [0, 0.05) is 17.2 Å². The summed E-state index contributed by atoms with van der Waals surface area (Å²) in [4.78, 5) is 11.2. The number of carbonyl (C=O) groups is 1. The van der Waals surface area contributed by atoms with Crippen molar-refractivity contribution in [3.05, 3.63) is 65.5 Å². The van der Waals surface area contributed by atoms with Gasteiger partial charge in [0.25, 0.3) is 0 Å². The normalized spacial score (nSPS) is 10.6. The van der Waals surface area contributed by atoms with Crippen LogP contribution in [0.3, 0.4) is 0 Å². The van der Waals surface area contributed by atoms with Crippen LogP contribution < -0.4 is 9.47 Å². The first-order valence-electron chi connectivity index (χ1n) is 6.95. The SMILES string of the molecule is COC(=O)/C=C/c1cccc(OC)c1OCc1ccccc1F. The van der Waals surface area contributed by atoms with Crippen LogP contribution in [0.5, 0.6) is 11.5 Å². The first-order chi connectivity index (χ1) is 11.2. The molecule has 0 N–H and O–H groups in total. The van der Waals surface area contributed by atoms with E-state index in [2.05, 4.69) is 4.74 Å².